The van der Waals surface area contributed by atoms with Gasteiger partial charge in [0.25, 0.3) is 5.91 Å². The number of nitrogens with zero attached hydrogens (tertiary/aromatic N) is 3. The summed E-state index contributed by atoms with van der Waals surface area (Å²) in [5.74, 6) is 0.656. The molecule has 0 radical (unpaired) electrons. The van der Waals surface area contributed by atoms with Crippen LogP contribution in [0.5, 0.6) is 5.75 Å². The Bertz CT molecular complexity index is 899. The van der Waals surface area contributed by atoms with E-state index in [1.165, 1.54) is 0 Å². The molecule has 1 N–H and O–H groups in total. The number of likely N-dealkylation sites (N-methyl/N-ethyl adjacent to an activating group) is 1. The minimum absolute atomic E-state index is 0.0692. The first kappa shape index (κ1) is 18.4. The second-order valence-electron chi connectivity index (χ2n) is 6.12. The molecule has 1 amide bonds. The number of para-hydroxylation sites is 2. The fraction of sp³-hybridized carbons (Fsp3) is 0.190. The number of hydrogen-bond donors (Lipinski definition) is 1. The largest absolute Gasteiger partial charge is 0.495 e. The van der Waals surface area contributed by atoms with Gasteiger partial charge in [0.05, 0.1) is 30.2 Å². The van der Waals surface area contributed by atoms with Crippen LogP contribution >= 0.6 is 0 Å². The molecule has 0 unspecified atom stereocenters. The molecule has 0 aliphatic heterocycles. The molecular formula is C21H22N4O2. The monoisotopic (exact) mass is 362 g/mol. The number of nitrogens with one attached hydrogen (secondary N) is 1. The van der Waals surface area contributed by atoms with Gasteiger partial charge in [0.2, 0.25) is 0 Å². The minimum atomic E-state index is -0.0692. The molecule has 6 nitrogen and oxygen atoms in total. The van der Waals surface area contributed by atoms with Gasteiger partial charge < -0.3 is 15.0 Å². The molecule has 2 heterocycles. The van der Waals surface area contributed by atoms with Gasteiger partial charge in [0.15, 0.2) is 0 Å². The number of ether oxygens (including phenoxy) is 1. The lowest BCUT2D eigenvalue weighted by atomic mass is 10.2. The molecule has 0 saturated carbocycles. The molecule has 138 valence electrons. The van der Waals surface area contributed by atoms with Crippen LogP contribution in [0.15, 0.2) is 67.3 Å². The number of benzene rings is 1. The van der Waals surface area contributed by atoms with Crippen molar-refractivity contribution in [2.45, 2.75) is 6.42 Å². The number of carbonyl (C=O) groups is 1. The zero-order valence-corrected chi connectivity index (χ0v) is 15.4. The maximum Gasteiger partial charge on any atom is 0.255 e. The Kier molecular flexibility index (Phi) is 5.99. The first-order chi connectivity index (χ1) is 13.2. The van der Waals surface area contributed by atoms with Crippen LogP contribution in [0.1, 0.15) is 15.9 Å². The van der Waals surface area contributed by atoms with E-state index in [0.717, 1.165) is 29.1 Å². The fourth-order valence-corrected chi connectivity index (χ4v) is 2.70. The van der Waals surface area contributed by atoms with Gasteiger partial charge >= 0.3 is 0 Å². The molecule has 3 rings (SSSR count). The van der Waals surface area contributed by atoms with Crippen LogP contribution in [-0.4, -0.2) is 41.5 Å². The van der Waals surface area contributed by atoms with E-state index < -0.39 is 0 Å². The van der Waals surface area contributed by atoms with Crippen molar-refractivity contribution in [3.05, 3.63) is 78.4 Å². The van der Waals surface area contributed by atoms with Crippen molar-refractivity contribution in [3.8, 4) is 5.75 Å². The second kappa shape index (κ2) is 8.80. The number of pyridine rings is 2. The summed E-state index contributed by atoms with van der Waals surface area (Å²) in [5, 5.41) is 3.25. The average Bonchev–Trinajstić information content (AvgIpc) is 2.73. The zero-order chi connectivity index (χ0) is 19.1. The Balaban J connectivity index is 1.68. The predicted molar refractivity (Wildman–Crippen MR) is 105 cm³/mol. The number of rotatable bonds is 7. The van der Waals surface area contributed by atoms with Crippen molar-refractivity contribution in [1.82, 2.24) is 14.9 Å². The highest BCUT2D eigenvalue weighted by Crippen LogP contribution is 2.27. The molecule has 2 aromatic heterocycles. The SMILES string of the molecule is COc1ccccc1Nc1cncc(C(=O)N(C)CCc2ccncc2)c1. The Morgan fingerprint density at radius 2 is 1.89 bits per heavy atom. The Morgan fingerprint density at radius 1 is 1.11 bits per heavy atom. The molecule has 6 heteroatoms. The van der Waals surface area contributed by atoms with E-state index in [0.29, 0.717) is 12.1 Å². The first-order valence-corrected chi connectivity index (χ1v) is 8.67. The lowest BCUT2D eigenvalue weighted by Crippen LogP contribution is -2.29. The summed E-state index contributed by atoms with van der Waals surface area (Å²) in [6, 6.07) is 13.3. The molecule has 0 atom stereocenters. The van der Waals surface area contributed by atoms with E-state index in [1.807, 2.05) is 36.4 Å². The summed E-state index contributed by atoms with van der Waals surface area (Å²) in [7, 11) is 3.42. The van der Waals surface area contributed by atoms with Crippen LogP contribution < -0.4 is 10.1 Å². The molecule has 0 aliphatic rings. The smallest absolute Gasteiger partial charge is 0.255 e. The average molecular weight is 362 g/mol. The van der Waals surface area contributed by atoms with Crippen molar-refractivity contribution in [3.63, 3.8) is 0 Å². The minimum Gasteiger partial charge on any atom is -0.495 e. The molecule has 0 saturated heterocycles. The van der Waals surface area contributed by atoms with Gasteiger partial charge in [-0.25, -0.2) is 0 Å². The third-order valence-corrected chi connectivity index (χ3v) is 4.20. The Hall–Kier alpha value is -3.41. The fourth-order valence-electron chi connectivity index (χ4n) is 2.70. The highest BCUT2D eigenvalue weighted by molar-refractivity contribution is 5.94. The standard InChI is InChI=1S/C21H22N4O2/c1-25(12-9-16-7-10-22-11-8-16)21(26)17-13-18(15-23-14-17)24-19-5-3-4-6-20(19)27-2/h3-8,10-11,13-15,24H,9,12H2,1-2H3. The topological polar surface area (TPSA) is 67.3 Å². The molecule has 27 heavy (non-hydrogen) atoms. The first-order valence-electron chi connectivity index (χ1n) is 8.67. The number of anilines is 2. The van der Waals surface area contributed by atoms with Gasteiger partial charge in [-0.05, 0) is 42.3 Å². The van der Waals surface area contributed by atoms with Gasteiger partial charge in [-0.1, -0.05) is 12.1 Å². The number of carbonyl (C=O) groups excluding carboxylic acids is 1. The third kappa shape index (κ3) is 4.82. The molecule has 0 spiro atoms. The van der Waals surface area contributed by atoms with E-state index in [2.05, 4.69) is 15.3 Å². The number of hydrogen-bond acceptors (Lipinski definition) is 5. The second-order valence-corrected chi connectivity index (χ2v) is 6.12. The normalized spacial score (nSPS) is 10.3. The van der Waals surface area contributed by atoms with E-state index in [4.69, 9.17) is 4.74 Å². The van der Waals surface area contributed by atoms with Crippen LogP contribution in [-0.2, 0) is 6.42 Å². The Morgan fingerprint density at radius 3 is 2.67 bits per heavy atom. The van der Waals surface area contributed by atoms with Gasteiger partial charge in [0, 0.05) is 32.2 Å². The maximum absolute atomic E-state index is 12.7. The van der Waals surface area contributed by atoms with Gasteiger partial charge in [0.1, 0.15) is 5.75 Å². The quantitative estimate of drug-likeness (QED) is 0.696. The molecular weight excluding hydrogens is 340 g/mol. The van der Waals surface area contributed by atoms with Crippen LogP contribution in [0.4, 0.5) is 11.4 Å². The van der Waals surface area contributed by atoms with Crippen molar-refractivity contribution < 1.29 is 9.53 Å². The molecule has 0 fully saturated rings. The molecule has 3 aromatic rings. The van der Waals surface area contributed by atoms with Crippen molar-refractivity contribution in [2.24, 2.45) is 0 Å². The Labute approximate surface area is 158 Å². The summed E-state index contributed by atoms with van der Waals surface area (Å²) in [4.78, 5) is 22.6. The van der Waals surface area contributed by atoms with Crippen molar-refractivity contribution in [1.29, 1.82) is 0 Å². The summed E-state index contributed by atoms with van der Waals surface area (Å²) >= 11 is 0. The van der Waals surface area contributed by atoms with Crippen LogP contribution in [0.3, 0.4) is 0 Å². The lowest BCUT2D eigenvalue weighted by molar-refractivity contribution is 0.0796. The van der Waals surface area contributed by atoms with Gasteiger partial charge in [-0.3, -0.25) is 14.8 Å². The van der Waals surface area contributed by atoms with Crippen LogP contribution in [0.25, 0.3) is 0 Å². The van der Waals surface area contributed by atoms with E-state index in [1.54, 1.807) is 49.9 Å². The molecule has 0 bridgehead atoms. The third-order valence-electron chi connectivity index (χ3n) is 4.20. The van der Waals surface area contributed by atoms with Crippen molar-refractivity contribution >= 4 is 17.3 Å². The van der Waals surface area contributed by atoms with E-state index in [-0.39, 0.29) is 5.91 Å². The maximum atomic E-state index is 12.7. The summed E-state index contributed by atoms with van der Waals surface area (Å²) in [5.41, 5.74) is 3.23. The lowest BCUT2D eigenvalue weighted by Gasteiger charge is -2.18. The highest BCUT2D eigenvalue weighted by atomic mass is 16.5. The summed E-state index contributed by atoms with van der Waals surface area (Å²) in [6.07, 6.45) is 7.55. The number of aromatic nitrogens is 2. The van der Waals surface area contributed by atoms with Crippen LogP contribution in [0, 0.1) is 0 Å². The van der Waals surface area contributed by atoms with Gasteiger partial charge in [-0.2, -0.15) is 0 Å². The summed E-state index contributed by atoms with van der Waals surface area (Å²) < 4.78 is 5.34. The van der Waals surface area contributed by atoms with Crippen molar-refractivity contribution in [2.75, 3.05) is 26.0 Å². The van der Waals surface area contributed by atoms with E-state index in [9.17, 15) is 4.79 Å². The summed E-state index contributed by atoms with van der Waals surface area (Å²) in [6.45, 7) is 0.618. The number of amides is 1. The number of methoxy groups -OCH3 is 1. The zero-order valence-electron chi connectivity index (χ0n) is 15.4. The molecule has 1 aromatic carbocycles. The highest BCUT2D eigenvalue weighted by Gasteiger charge is 2.13. The van der Waals surface area contributed by atoms with Crippen LogP contribution in [0.2, 0.25) is 0 Å². The van der Waals surface area contributed by atoms with Gasteiger partial charge in [-0.15, -0.1) is 0 Å². The predicted octanol–water partition coefficient (Wildman–Crippen LogP) is 3.54. The van der Waals surface area contributed by atoms with E-state index >= 15 is 0 Å². The molecule has 0 aliphatic carbocycles.